The average Bonchev–Trinajstić information content (AvgIpc) is 3.17. The van der Waals surface area contributed by atoms with Gasteiger partial charge in [-0.3, -0.25) is 10.1 Å². The number of hydrogen-bond acceptors (Lipinski definition) is 6. The van der Waals surface area contributed by atoms with E-state index in [1.165, 1.54) is 11.8 Å². The second-order valence-corrected chi connectivity index (χ2v) is 8.16. The van der Waals surface area contributed by atoms with E-state index in [0.29, 0.717) is 15.1 Å². The van der Waals surface area contributed by atoms with Gasteiger partial charge >= 0.3 is 0 Å². The molecule has 5 nitrogen and oxygen atoms in total. The molecule has 0 bridgehead atoms. The topological polar surface area (TPSA) is 64.1 Å². The SMILES string of the molecule is O=C(COc1c(F)c(F)c(F)c(F)c1F)Nc1nnc(SCc2ccc(Cl)cc2)s1. The van der Waals surface area contributed by atoms with Crippen molar-refractivity contribution in [3.8, 4) is 5.75 Å². The lowest BCUT2D eigenvalue weighted by molar-refractivity contribution is -0.118. The van der Waals surface area contributed by atoms with Crippen molar-refractivity contribution in [1.29, 1.82) is 0 Å². The third-order valence-corrected chi connectivity index (χ3v) is 5.74. The normalized spacial score (nSPS) is 10.9. The zero-order valence-electron chi connectivity index (χ0n) is 14.5. The van der Waals surface area contributed by atoms with Gasteiger partial charge in [-0.15, -0.1) is 10.2 Å². The molecule has 3 aromatic rings. The first kappa shape index (κ1) is 22.2. The Hall–Kier alpha value is -2.44. The largest absolute Gasteiger partial charge is 0.477 e. The van der Waals surface area contributed by atoms with Crippen LogP contribution in [0.15, 0.2) is 28.6 Å². The predicted octanol–water partition coefficient (Wildman–Crippen LogP) is 5.20. The molecule has 0 spiro atoms. The van der Waals surface area contributed by atoms with E-state index in [1.807, 2.05) is 12.1 Å². The number of amides is 1. The fraction of sp³-hybridized carbons (Fsp3) is 0.118. The zero-order valence-corrected chi connectivity index (χ0v) is 16.9. The lowest BCUT2D eigenvalue weighted by atomic mass is 10.2. The fourth-order valence-electron chi connectivity index (χ4n) is 2.05. The number of halogens is 6. The first-order valence-electron chi connectivity index (χ1n) is 7.91. The van der Waals surface area contributed by atoms with Gasteiger partial charge in [0, 0.05) is 10.8 Å². The lowest BCUT2D eigenvalue weighted by Crippen LogP contribution is -2.21. The van der Waals surface area contributed by atoms with E-state index >= 15 is 0 Å². The minimum absolute atomic E-state index is 0.0691. The molecule has 2 aromatic carbocycles. The Morgan fingerprint density at radius 2 is 1.60 bits per heavy atom. The summed E-state index contributed by atoms with van der Waals surface area (Å²) in [6, 6.07) is 7.17. The number of carbonyl (C=O) groups is 1. The molecular weight excluding hydrogens is 473 g/mol. The van der Waals surface area contributed by atoms with Crippen LogP contribution in [-0.2, 0) is 10.5 Å². The maximum Gasteiger partial charge on any atom is 0.264 e. The summed E-state index contributed by atoms with van der Waals surface area (Å²) >= 11 is 8.19. The molecule has 1 N–H and O–H groups in total. The molecule has 1 aromatic heterocycles. The van der Waals surface area contributed by atoms with Crippen LogP contribution in [0.2, 0.25) is 5.02 Å². The third kappa shape index (κ3) is 5.18. The second-order valence-electron chi connectivity index (χ2n) is 5.52. The number of ether oxygens (including phenoxy) is 1. The maximum absolute atomic E-state index is 13.5. The summed E-state index contributed by atoms with van der Waals surface area (Å²) in [5.41, 5.74) is 0.987. The lowest BCUT2D eigenvalue weighted by Gasteiger charge is -2.09. The maximum atomic E-state index is 13.5. The van der Waals surface area contributed by atoms with Gasteiger partial charge in [0.2, 0.25) is 34.2 Å². The van der Waals surface area contributed by atoms with Gasteiger partial charge in [-0.2, -0.15) is 8.78 Å². The van der Waals surface area contributed by atoms with Crippen molar-refractivity contribution in [2.75, 3.05) is 11.9 Å². The van der Waals surface area contributed by atoms with Crippen LogP contribution in [0.1, 0.15) is 5.56 Å². The average molecular weight is 482 g/mol. The number of nitrogens with zero attached hydrogens (tertiary/aromatic N) is 2. The first-order valence-corrected chi connectivity index (χ1v) is 10.1. The Balaban J connectivity index is 1.55. The van der Waals surface area contributed by atoms with Crippen molar-refractivity contribution in [2.24, 2.45) is 0 Å². The van der Waals surface area contributed by atoms with Gasteiger partial charge in [0.25, 0.3) is 5.91 Å². The van der Waals surface area contributed by atoms with Crippen LogP contribution in [0.25, 0.3) is 0 Å². The van der Waals surface area contributed by atoms with Crippen molar-refractivity contribution < 1.29 is 31.5 Å². The minimum Gasteiger partial charge on any atom is -0.477 e. The number of hydrogen-bond donors (Lipinski definition) is 1. The quantitative estimate of drug-likeness (QED) is 0.165. The number of aromatic nitrogens is 2. The molecule has 0 unspecified atom stereocenters. The number of carbonyl (C=O) groups excluding carboxylic acids is 1. The number of thioether (sulfide) groups is 1. The van der Waals surface area contributed by atoms with Crippen molar-refractivity contribution in [2.45, 2.75) is 10.1 Å². The zero-order chi connectivity index (χ0) is 21.8. The van der Waals surface area contributed by atoms with Gasteiger partial charge in [0.05, 0.1) is 0 Å². The minimum atomic E-state index is -2.32. The molecule has 0 atom stereocenters. The predicted molar refractivity (Wildman–Crippen MR) is 101 cm³/mol. The van der Waals surface area contributed by atoms with Crippen LogP contribution in [0.4, 0.5) is 27.1 Å². The van der Waals surface area contributed by atoms with Crippen LogP contribution >= 0.6 is 34.7 Å². The van der Waals surface area contributed by atoms with Gasteiger partial charge < -0.3 is 4.74 Å². The standard InChI is InChI=1S/C17H9ClF5N3O2S2/c18-8-3-1-7(2-4-8)6-29-17-26-25-16(30-17)24-9(27)5-28-15-13(22)11(20)10(19)12(21)14(15)23/h1-4H,5-6H2,(H,24,25,27). The number of nitrogens with one attached hydrogen (secondary N) is 1. The summed E-state index contributed by atoms with van der Waals surface area (Å²) in [5, 5.41) is 10.5. The van der Waals surface area contributed by atoms with E-state index < -0.39 is 47.3 Å². The van der Waals surface area contributed by atoms with Gasteiger partial charge in [0.15, 0.2) is 16.7 Å². The molecule has 30 heavy (non-hydrogen) atoms. The Kier molecular flexibility index (Phi) is 7.10. The smallest absolute Gasteiger partial charge is 0.264 e. The third-order valence-electron chi connectivity index (χ3n) is 3.45. The highest BCUT2D eigenvalue weighted by molar-refractivity contribution is 8.00. The van der Waals surface area contributed by atoms with E-state index in [2.05, 4.69) is 20.3 Å². The molecular formula is C17H9ClF5N3O2S2. The Morgan fingerprint density at radius 3 is 2.23 bits per heavy atom. The highest BCUT2D eigenvalue weighted by atomic mass is 35.5. The van der Waals surface area contributed by atoms with E-state index in [-0.39, 0.29) is 5.13 Å². The van der Waals surface area contributed by atoms with E-state index in [1.54, 1.807) is 12.1 Å². The number of benzene rings is 2. The Bertz CT molecular complexity index is 1050. The van der Waals surface area contributed by atoms with Crippen molar-refractivity contribution >= 4 is 45.7 Å². The molecule has 0 saturated carbocycles. The number of anilines is 1. The van der Waals surface area contributed by atoms with Gasteiger partial charge in [-0.25, -0.2) is 13.2 Å². The van der Waals surface area contributed by atoms with Crippen molar-refractivity contribution in [3.63, 3.8) is 0 Å². The number of rotatable bonds is 7. The monoisotopic (exact) mass is 481 g/mol. The fourth-order valence-corrected chi connectivity index (χ4v) is 3.90. The highest BCUT2D eigenvalue weighted by Gasteiger charge is 2.27. The van der Waals surface area contributed by atoms with Gasteiger partial charge in [0.1, 0.15) is 0 Å². The molecule has 0 aliphatic heterocycles. The highest BCUT2D eigenvalue weighted by Crippen LogP contribution is 2.30. The van der Waals surface area contributed by atoms with E-state index in [4.69, 9.17) is 11.6 Å². The van der Waals surface area contributed by atoms with Gasteiger partial charge in [-0.1, -0.05) is 46.8 Å². The summed E-state index contributed by atoms with van der Waals surface area (Å²) in [6.07, 6.45) is 0. The molecule has 0 aliphatic carbocycles. The molecule has 1 heterocycles. The van der Waals surface area contributed by atoms with Gasteiger partial charge in [-0.05, 0) is 17.7 Å². The summed E-state index contributed by atoms with van der Waals surface area (Å²) in [4.78, 5) is 11.8. The molecule has 1 amide bonds. The van der Waals surface area contributed by atoms with Crippen LogP contribution in [-0.4, -0.2) is 22.7 Å². The van der Waals surface area contributed by atoms with E-state index in [0.717, 1.165) is 16.9 Å². The second kappa shape index (κ2) is 9.58. The van der Waals surface area contributed by atoms with Crippen molar-refractivity contribution in [1.82, 2.24) is 10.2 Å². The van der Waals surface area contributed by atoms with E-state index in [9.17, 15) is 26.7 Å². The summed E-state index contributed by atoms with van der Waals surface area (Å²) < 4.78 is 71.3. The molecule has 13 heteroatoms. The summed E-state index contributed by atoms with van der Waals surface area (Å²) in [6.45, 7) is -1.01. The summed E-state index contributed by atoms with van der Waals surface area (Å²) in [5.74, 6) is -12.9. The molecule has 158 valence electrons. The van der Waals surface area contributed by atoms with Crippen molar-refractivity contribution in [3.05, 3.63) is 63.9 Å². The van der Waals surface area contributed by atoms with Crippen LogP contribution in [0.5, 0.6) is 5.75 Å². The molecule has 0 fully saturated rings. The van der Waals surface area contributed by atoms with Crippen LogP contribution < -0.4 is 10.1 Å². The van der Waals surface area contributed by atoms with Crippen LogP contribution in [0, 0.1) is 29.1 Å². The Morgan fingerprint density at radius 1 is 1.00 bits per heavy atom. The Labute approximate surface area is 179 Å². The van der Waals surface area contributed by atoms with Crippen LogP contribution in [0.3, 0.4) is 0 Å². The molecule has 3 rings (SSSR count). The summed E-state index contributed by atoms with van der Waals surface area (Å²) in [7, 11) is 0. The molecule has 0 aliphatic rings. The first-order chi connectivity index (χ1) is 14.3. The molecule has 0 radical (unpaired) electrons. The molecule has 0 saturated heterocycles.